The number of ether oxygens (including phenoxy) is 2. The van der Waals surface area contributed by atoms with Crippen molar-refractivity contribution < 1.29 is 23.9 Å². The predicted molar refractivity (Wildman–Crippen MR) is 103 cm³/mol. The first-order valence-corrected chi connectivity index (χ1v) is 8.94. The lowest BCUT2D eigenvalue weighted by molar-refractivity contribution is -0.156. The second-order valence-electron chi connectivity index (χ2n) is 7.39. The number of rotatable bonds is 8. The summed E-state index contributed by atoms with van der Waals surface area (Å²) in [5, 5.41) is 5.17. The maximum absolute atomic E-state index is 12.3. The molecule has 0 heterocycles. The maximum Gasteiger partial charge on any atom is 0.329 e. The highest BCUT2D eigenvalue weighted by molar-refractivity contribution is 5.97. The van der Waals surface area contributed by atoms with E-state index < -0.39 is 24.0 Å². The van der Waals surface area contributed by atoms with Crippen LogP contribution in [0, 0.1) is 0 Å². The molecule has 0 aliphatic rings. The number of hydrogen-bond acceptors (Lipinski definition) is 5. The zero-order chi connectivity index (χ0) is 20.6. The molecular formula is C20H30N2O5. The Hall–Kier alpha value is -2.41. The number of methoxy groups -OCH3 is 1. The maximum atomic E-state index is 12.3. The molecule has 0 radical (unpaired) electrons. The molecule has 2 atom stereocenters. The Bertz CT molecular complexity index is 649. The standard InChI is InChI=1S/C20H30N2O5/c1-13(19(25)27-14(2)17(23)21-11-12-26-6)22-18(24)15-7-9-16(10-8-15)20(3,4)5/h7-10,13-14H,11-12H2,1-6H3,(H,21,23)(H,22,24)/t13-,14-/m0/s1. The SMILES string of the molecule is COCCNC(=O)[C@H](C)OC(=O)[C@H](C)NC(=O)c1ccc(C(C)(C)C)cc1. The van der Waals surface area contributed by atoms with Gasteiger partial charge in [-0.25, -0.2) is 4.79 Å². The van der Waals surface area contributed by atoms with Gasteiger partial charge in [-0.3, -0.25) is 9.59 Å². The monoisotopic (exact) mass is 378 g/mol. The highest BCUT2D eigenvalue weighted by atomic mass is 16.5. The van der Waals surface area contributed by atoms with Gasteiger partial charge in [0.2, 0.25) is 0 Å². The number of nitrogens with one attached hydrogen (secondary N) is 2. The van der Waals surface area contributed by atoms with Crippen molar-refractivity contribution in [1.82, 2.24) is 10.6 Å². The number of carbonyl (C=O) groups excluding carboxylic acids is 3. The van der Waals surface area contributed by atoms with E-state index in [1.54, 1.807) is 12.1 Å². The van der Waals surface area contributed by atoms with Crippen molar-refractivity contribution in [1.29, 1.82) is 0 Å². The van der Waals surface area contributed by atoms with Gasteiger partial charge in [0, 0.05) is 19.2 Å². The second kappa shape index (κ2) is 10.1. The van der Waals surface area contributed by atoms with E-state index in [0.29, 0.717) is 18.7 Å². The number of esters is 1. The van der Waals surface area contributed by atoms with Crippen molar-refractivity contribution in [2.45, 2.75) is 52.2 Å². The minimum absolute atomic E-state index is 0.00787. The van der Waals surface area contributed by atoms with Gasteiger partial charge < -0.3 is 20.1 Å². The van der Waals surface area contributed by atoms with E-state index in [9.17, 15) is 14.4 Å². The minimum Gasteiger partial charge on any atom is -0.451 e. The van der Waals surface area contributed by atoms with Crippen LogP contribution in [-0.4, -0.2) is 50.2 Å². The van der Waals surface area contributed by atoms with E-state index in [2.05, 4.69) is 31.4 Å². The molecular weight excluding hydrogens is 348 g/mol. The first-order valence-electron chi connectivity index (χ1n) is 8.94. The Labute approximate surface area is 160 Å². The number of amides is 2. The van der Waals surface area contributed by atoms with Crippen LogP contribution in [0.15, 0.2) is 24.3 Å². The van der Waals surface area contributed by atoms with Gasteiger partial charge in [0.1, 0.15) is 6.04 Å². The molecule has 7 heteroatoms. The molecule has 1 rings (SSSR count). The fourth-order valence-corrected chi connectivity index (χ4v) is 2.21. The Balaban J connectivity index is 2.56. The van der Waals surface area contributed by atoms with Gasteiger partial charge >= 0.3 is 5.97 Å². The van der Waals surface area contributed by atoms with E-state index >= 15 is 0 Å². The molecule has 27 heavy (non-hydrogen) atoms. The Kier molecular flexibility index (Phi) is 8.43. The molecule has 0 aliphatic heterocycles. The summed E-state index contributed by atoms with van der Waals surface area (Å²) in [4.78, 5) is 36.2. The lowest BCUT2D eigenvalue weighted by atomic mass is 9.86. The molecule has 1 aromatic carbocycles. The van der Waals surface area contributed by atoms with Crippen molar-refractivity contribution in [2.24, 2.45) is 0 Å². The molecule has 0 bridgehead atoms. The lowest BCUT2D eigenvalue weighted by Gasteiger charge is -2.20. The van der Waals surface area contributed by atoms with Crippen LogP contribution in [0.2, 0.25) is 0 Å². The van der Waals surface area contributed by atoms with Crippen LogP contribution in [0.4, 0.5) is 0 Å². The molecule has 150 valence electrons. The normalized spacial score (nSPS) is 13.4. The molecule has 0 spiro atoms. The summed E-state index contributed by atoms with van der Waals surface area (Å²) in [6.45, 7) is 9.95. The van der Waals surface area contributed by atoms with Crippen LogP contribution in [0.25, 0.3) is 0 Å². The molecule has 1 aromatic rings. The van der Waals surface area contributed by atoms with Crippen LogP contribution in [0.5, 0.6) is 0 Å². The number of carbonyl (C=O) groups is 3. The zero-order valence-electron chi connectivity index (χ0n) is 16.9. The molecule has 0 saturated heterocycles. The van der Waals surface area contributed by atoms with Crippen LogP contribution in [0.1, 0.15) is 50.5 Å². The average Bonchev–Trinajstić information content (AvgIpc) is 2.60. The van der Waals surface area contributed by atoms with Crippen molar-refractivity contribution in [3.63, 3.8) is 0 Å². The zero-order valence-corrected chi connectivity index (χ0v) is 16.9. The lowest BCUT2D eigenvalue weighted by Crippen LogP contribution is -2.44. The first-order chi connectivity index (χ1) is 12.6. The van der Waals surface area contributed by atoms with Crippen LogP contribution in [0.3, 0.4) is 0 Å². The van der Waals surface area contributed by atoms with Gasteiger partial charge in [-0.15, -0.1) is 0 Å². The summed E-state index contributed by atoms with van der Waals surface area (Å²) in [6, 6.07) is 6.35. The molecule has 2 amide bonds. The summed E-state index contributed by atoms with van der Waals surface area (Å²) in [5.74, 6) is -1.47. The smallest absolute Gasteiger partial charge is 0.329 e. The van der Waals surface area contributed by atoms with Crippen molar-refractivity contribution in [2.75, 3.05) is 20.3 Å². The summed E-state index contributed by atoms with van der Waals surface area (Å²) >= 11 is 0. The van der Waals surface area contributed by atoms with Crippen LogP contribution in [-0.2, 0) is 24.5 Å². The summed E-state index contributed by atoms with van der Waals surface area (Å²) < 4.78 is 9.93. The third-order valence-corrected chi connectivity index (χ3v) is 3.98. The Morgan fingerprint density at radius 1 is 1.07 bits per heavy atom. The van der Waals surface area contributed by atoms with Crippen LogP contribution < -0.4 is 10.6 Å². The highest BCUT2D eigenvalue weighted by Crippen LogP contribution is 2.22. The molecule has 0 unspecified atom stereocenters. The van der Waals surface area contributed by atoms with Gasteiger partial charge in [0.05, 0.1) is 6.61 Å². The molecule has 0 aliphatic carbocycles. The minimum atomic E-state index is -0.959. The third-order valence-electron chi connectivity index (χ3n) is 3.98. The predicted octanol–water partition coefficient (Wildman–Crippen LogP) is 1.80. The molecule has 2 N–H and O–H groups in total. The quantitative estimate of drug-likeness (QED) is 0.531. The fraction of sp³-hybridized carbons (Fsp3) is 0.550. The second-order valence-corrected chi connectivity index (χ2v) is 7.39. The molecule has 0 saturated carbocycles. The van der Waals surface area contributed by atoms with Gasteiger partial charge in [-0.2, -0.15) is 0 Å². The molecule has 0 fully saturated rings. The van der Waals surface area contributed by atoms with Crippen molar-refractivity contribution in [3.8, 4) is 0 Å². The first kappa shape index (κ1) is 22.6. The topological polar surface area (TPSA) is 93.7 Å². The number of benzene rings is 1. The summed E-state index contributed by atoms with van der Waals surface area (Å²) in [6.07, 6.45) is -0.959. The van der Waals surface area contributed by atoms with Gasteiger partial charge in [-0.1, -0.05) is 32.9 Å². The van der Waals surface area contributed by atoms with E-state index in [4.69, 9.17) is 9.47 Å². The van der Waals surface area contributed by atoms with E-state index in [0.717, 1.165) is 5.56 Å². The van der Waals surface area contributed by atoms with Crippen molar-refractivity contribution in [3.05, 3.63) is 35.4 Å². The Morgan fingerprint density at radius 3 is 2.19 bits per heavy atom. The average molecular weight is 378 g/mol. The van der Waals surface area contributed by atoms with Crippen molar-refractivity contribution >= 4 is 17.8 Å². The third kappa shape index (κ3) is 7.38. The molecule has 7 nitrogen and oxygen atoms in total. The highest BCUT2D eigenvalue weighted by Gasteiger charge is 2.23. The van der Waals surface area contributed by atoms with E-state index in [-0.39, 0.29) is 11.3 Å². The number of hydrogen-bond donors (Lipinski definition) is 2. The Morgan fingerprint density at radius 2 is 1.67 bits per heavy atom. The van der Waals surface area contributed by atoms with Crippen LogP contribution >= 0.6 is 0 Å². The fourth-order valence-electron chi connectivity index (χ4n) is 2.21. The summed E-state index contributed by atoms with van der Waals surface area (Å²) in [5.41, 5.74) is 1.55. The largest absolute Gasteiger partial charge is 0.451 e. The van der Waals surface area contributed by atoms with E-state index in [1.165, 1.54) is 21.0 Å². The summed E-state index contributed by atoms with van der Waals surface area (Å²) in [7, 11) is 1.52. The molecule has 0 aromatic heterocycles. The van der Waals surface area contributed by atoms with E-state index in [1.807, 2.05) is 12.1 Å². The van der Waals surface area contributed by atoms with Gasteiger partial charge in [0.15, 0.2) is 6.10 Å². The van der Waals surface area contributed by atoms with Gasteiger partial charge in [0.25, 0.3) is 11.8 Å². The van der Waals surface area contributed by atoms with Gasteiger partial charge in [-0.05, 0) is 37.0 Å².